The molecular formula is C23H22F3N5O4. The lowest BCUT2D eigenvalue weighted by atomic mass is 9.86. The molecule has 0 spiro atoms. The lowest BCUT2D eigenvalue weighted by molar-refractivity contribution is -0.137. The predicted octanol–water partition coefficient (Wildman–Crippen LogP) is 3.70. The van der Waals surface area contributed by atoms with Crippen molar-refractivity contribution in [2.45, 2.75) is 38.9 Å². The topological polar surface area (TPSA) is 104 Å². The molecule has 0 radical (unpaired) electrons. The van der Waals surface area contributed by atoms with E-state index in [2.05, 4.69) is 20.4 Å². The Bertz CT molecular complexity index is 1290. The summed E-state index contributed by atoms with van der Waals surface area (Å²) in [5.74, 6) is -0.784. The molecule has 0 saturated carbocycles. The third-order valence-electron chi connectivity index (χ3n) is 5.81. The Kier molecular flexibility index (Phi) is 5.83. The molecule has 5 rings (SSSR count). The first-order chi connectivity index (χ1) is 16.7. The van der Waals surface area contributed by atoms with E-state index in [4.69, 9.17) is 13.9 Å². The molecule has 0 aromatic carbocycles. The smallest absolute Gasteiger partial charge is 0.420 e. The Hall–Kier alpha value is -3.67. The van der Waals surface area contributed by atoms with E-state index in [0.29, 0.717) is 35.9 Å². The van der Waals surface area contributed by atoms with Crippen molar-refractivity contribution in [3.8, 4) is 11.3 Å². The average molecular weight is 489 g/mol. The molecule has 0 unspecified atom stereocenters. The van der Waals surface area contributed by atoms with E-state index in [1.54, 1.807) is 19.3 Å². The second-order valence-corrected chi connectivity index (χ2v) is 8.44. The molecule has 12 heteroatoms. The molecule has 4 heterocycles. The molecule has 9 nitrogen and oxygen atoms in total. The molecule has 184 valence electrons. The zero-order valence-corrected chi connectivity index (χ0v) is 19.0. The minimum Gasteiger partial charge on any atom is -0.491 e. The van der Waals surface area contributed by atoms with Crippen LogP contribution in [0, 0.1) is 6.92 Å². The number of carbonyl (C=O) groups is 1. The van der Waals surface area contributed by atoms with E-state index in [1.165, 1.54) is 17.1 Å². The van der Waals surface area contributed by atoms with Crippen molar-refractivity contribution in [3.63, 3.8) is 0 Å². The van der Waals surface area contributed by atoms with Gasteiger partial charge in [0, 0.05) is 42.7 Å². The van der Waals surface area contributed by atoms with Gasteiger partial charge in [-0.2, -0.15) is 18.3 Å². The van der Waals surface area contributed by atoms with Gasteiger partial charge in [0.15, 0.2) is 0 Å². The third kappa shape index (κ3) is 4.53. The monoisotopic (exact) mass is 489 g/mol. The fraction of sp³-hybridized carbons (Fsp3) is 0.391. The molecule has 35 heavy (non-hydrogen) atoms. The minimum absolute atomic E-state index is 0.0479. The van der Waals surface area contributed by atoms with Crippen LogP contribution >= 0.6 is 0 Å². The second kappa shape index (κ2) is 8.84. The quantitative estimate of drug-likeness (QED) is 0.596. The van der Waals surface area contributed by atoms with E-state index in [9.17, 15) is 18.0 Å². The number of hydrogen-bond acceptors (Lipinski definition) is 7. The summed E-state index contributed by atoms with van der Waals surface area (Å²) < 4.78 is 60.6. The number of aromatic nitrogens is 4. The number of hydrogen-bond donors (Lipinski definition) is 1. The molecule has 3 aromatic heterocycles. The van der Waals surface area contributed by atoms with Gasteiger partial charge in [0.2, 0.25) is 5.76 Å². The van der Waals surface area contributed by atoms with Gasteiger partial charge in [-0.05, 0) is 12.8 Å². The molecule has 2 aliphatic rings. The normalized spacial score (nSPS) is 18.7. The molecule has 1 aliphatic carbocycles. The van der Waals surface area contributed by atoms with Crippen LogP contribution in [0.1, 0.15) is 51.7 Å². The van der Waals surface area contributed by atoms with Crippen LogP contribution in [0.2, 0.25) is 0 Å². The number of halogens is 3. The predicted molar refractivity (Wildman–Crippen MR) is 116 cm³/mol. The van der Waals surface area contributed by atoms with Crippen molar-refractivity contribution < 1.29 is 31.9 Å². The summed E-state index contributed by atoms with van der Waals surface area (Å²) in [5, 5.41) is 6.85. The number of rotatable bonds is 4. The number of alkyl halides is 3. The van der Waals surface area contributed by atoms with E-state index in [1.807, 2.05) is 6.92 Å². The second-order valence-electron chi connectivity index (χ2n) is 8.44. The number of furan rings is 1. The maximum atomic E-state index is 14.3. The van der Waals surface area contributed by atoms with Crippen LogP contribution in [0.15, 0.2) is 28.8 Å². The maximum absolute atomic E-state index is 14.3. The highest BCUT2D eigenvalue weighted by atomic mass is 19.4. The molecular weight excluding hydrogens is 467 g/mol. The van der Waals surface area contributed by atoms with Gasteiger partial charge in [-0.3, -0.25) is 4.79 Å². The summed E-state index contributed by atoms with van der Waals surface area (Å²) in [7, 11) is 0. The molecule has 0 bridgehead atoms. The van der Waals surface area contributed by atoms with Crippen molar-refractivity contribution in [1.29, 1.82) is 0 Å². The summed E-state index contributed by atoms with van der Waals surface area (Å²) in [6, 6.07) is 0. The summed E-state index contributed by atoms with van der Waals surface area (Å²) >= 11 is 0. The number of nitrogens with zero attached hydrogens (tertiary/aromatic N) is 4. The summed E-state index contributed by atoms with van der Waals surface area (Å²) in [4.78, 5) is 20.9. The molecule has 1 N–H and O–H groups in total. The van der Waals surface area contributed by atoms with Crippen LogP contribution in [0.4, 0.5) is 13.2 Å². The Morgan fingerprint density at radius 3 is 2.74 bits per heavy atom. The van der Waals surface area contributed by atoms with E-state index in [-0.39, 0.29) is 42.5 Å². The van der Waals surface area contributed by atoms with Gasteiger partial charge in [-0.1, -0.05) is 6.92 Å². The molecule has 3 aromatic rings. The average Bonchev–Trinajstić information content (AvgIpc) is 3.41. The van der Waals surface area contributed by atoms with Gasteiger partial charge in [-0.15, -0.1) is 0 Å². The van der Waals surface area contributed by atoms with Crippen LogP contribution in [-0.4, -0.2) is 45.5 Å². The number of fused-ring (bicyclic) bond motifs is 3. The van der Waals surface area contributed by atoms with Gasteiger partial charge in [0.1, 0.15) is 41.8 Å². The summed E-state index contributed by atoms with van der Waals surface area (Å²) in [6.45, 7) is 4.64. The molecule has 1 fully saturated rings. The number of nitrogens with one attached hydrogen (secondary N) is 1. The summed E-state index contributed by atoms with van der Waals surface area (Å²) in [6.07, 6.45) is 1.60. The van der Waals surface area contributed by atoms with Gasteiger partial charge >= 0.3 is 6.18 Å². The summed E-state index contributed by atoms with van der Waals surface area (Å²) in [5.41, 5.74) is -0.0261. The number of amides is 1. The van der Waals surface area contributed by atoms with Crippen molar-refractivity contribution in [2.75, 3.05) is 19.8 Å². The number of carbonyl (C=O) groups excluding carboxylic acids is 1. The van der Waals surface area contributed by atoms with Crippen LogP contribution in [0.3, 0.4) is 0 Å². The van der Waals surface area contributed by atoms with Crippen molar-refractivity contribution in [2.24, 2.45) is 0 Å². The Labute approximate surface area is 197 Å². The van der Waals surface area contributed by atoms with Crippen LogP contribution < -0.4 is 5.32 Å². The molecule has 1 amide bonds. The van der Waals surface area contributed by atoms with Crippen LogP contribution in [-0.2, 0) is 28.6 Å². The Morgan fingerprint density at radius 2 is 2.06 bits per heavy atom. The SMILES string of the molecule is Cc1ncc(CNC(=O)c2oc3c(c2C(F)(F)F)-c2nn(/C=C4/COCCO4)cc2[C@H](C)C3)cn1. The third-order valence-corrected chi connectivity index (χ3v) is 5.81. The fourth-order valence-corrected chi connectivity index (χ4v) is 4.16. The van der Waals surface area contributed by atoms with E-state index in [0.717, 1.165) is 0 Å². The Balaban J connectivity index is 1.51. The lowest BCUT2D eigenvalue weighted by Gasteiger charge is -2.17. The van der Waals surface area contributed by atoms with Crippen LogP contribution in [0.5, 0.6) is 0 Å². The van der Waals surface area contributed by atoms with E-state index >= 15 is 0 Å². The van der Waals surface area contributed by atoms with Crippen molar-refractivity contribution >= 4 is 12.1 Å². The minimum atomic E-state index is -4.84. The highest BCUT2D eigenvalue weighted by Gasteiger charge is 2.46. The number of ether oxygens (including phenoxy) is 2. The first-order valence-electron chi connectivity index (χ1n) is 11.0. The molecule has 1 aliphatic heterocycles. The lowest BCUT2D eigenvalue weighted by Crippen LogP contribution is -2.25. The number of aryl methyl sites for hydroxylation is 1. The zero-order chi connectivity index (χ0) is 24.7. The molecule has 1 saturated heterocycles. The van der Waals surface area contributed by atoms with Crippen molar-refractivity contribution in [1.82, 2.24) is 25.1 Å². The van der Waals surface area contributed by atoms with Gasteiger partial charge in [-0.25, -0.2) is 14.6 Å². The maximum Gasteiger partial charge on any atom is 0.420 e. The largest absolute Gasteiger partial charge is 0.491 e. The van der Waals surface area contributed by atoms with Gasteiger partial charge < -0.3 is 19.2 Å². The Morgan fingerprint density at radius 1 is 1.29 bits per heavy atom. The first kappa shape index (κ1) is 23.1. The standard InChI is InChI=1S/C23H22F3N5O4/c1-12-5-17-18(20-16(12)10-31(30-20)9-15-11-33-3-4-34-15)19(23(24,25)26)21(35-17)22(32)29-8-14-6-27-13(2)28-7-14/h6-7,9-10,12H,3-5,8,11H2,1-2H3,(H,29,32)/b15-9-/t12-/m1/s1. The van der Waals surface area contributed by atoms with Gasteiger partial charge in [0.25, 0.3) is 5.91 Å². The molecule has 1 atom stereocenters. The van der Waals surface area contributed by atoms with Crippen LogP contribution in [0.25, 0.3) is 17.5 Å². The first-order valence-corrected chi connectivity index (χ1v) is 11.0. The highest BCUT2D eigenvalue weighted by Crippen LogP contribution is 2.48. The zero-order valence-electron chi connectivity index (χ0n) is 19.0. The highest BCUT2D eigenvalue weighted by molar-refractivity contribution is 5.96. The van der Waals surface area contributed by atoms with Gasteiger partial charge in [0.05, 0.1) is 18.4 Å². The van der Waals surface area contributed by atoms with E-state index < -0.39 is 23.4 Å². The van der Waals surface area contributed by atoms with Crippen molar-refractivity contribution in [3.05, 3.63) is 58.4 Å². The fourth-order valence-electron chi connectivity index (χ4n) is 4.16.